The molecule has 1 fully saturated rings. The quantitative estimate of drug-likeness (QED) is 0.865. The fourth-order valence-corrected chi connectivity index (χ4v) is 2.50. The number of ether oxygens (including phenoxy) is 1. The molecule has 0 spiro atoms. The highest BCUT2D eigenvalue weighted by molar-refractivity contribution is 14.1. The van der Waals surface area contributed by atoms with Crippen molar-refractivity contribution in [2.45, 2.75) is 25.9 Å². The molecule has 0 saturated carbocycles. The Morgan fingerprint density at radius 3 is 3.07 bits per heavy atom. The molecule has 1 saturated heterocycles. The van der Waals surface area contributed by atoms with Gasteiger partial charge in [0.25, 0.3) is 0 Å². The van der Waals surface area contributed by atoms with Crippen molar-refractivity contribution in [3.63, 3.8) is 0 Å². The van der Waals surface area contributed by atoms with Gasteiger partial charge >= 0.3 is 0 Å². The molecule has 3 heteroatoms. The van der Waals surface area contributed by atoms with Gasteiger partial charge < -0.3 is 10.1 Å². The van der Waals surface area contributed by atoms with Gasteiger partial charge in [-0.05, 0) is 66.1 Å². The first kappa shape index (κ1) is 11.2. The molecule has 2 rings (SSSR count). The molecule has 0 amide bonds. The Morgan fingerprint density at radius 1 is 1.53 bits per heavy atom. The number of rotatable bonds is 3. The van der Waals surface area contributed by atoms with Gasteiger partial charge in [0.05, 0.1) is 6.10 Å². The summed E-state index contributed by atoms with van der Waals surface area (Å²) < 4.78 is 6.86. The molecule has 0 aromatic heterocycles. The molecule has 0 bridgehead atoms. The van der Waals surface area contributed by atoms with Crippen molar-refractivity contribution in [3.8, 4) is 0 Å². The van der Waals surface area contributed by atoms with Gasteiger partial charge in [0, 0.05) is 22.4 Å². The van der Waals surface area contributed by atoms with Crippen molar-refractivity contribution >= 4 is 28.3 Å². The Balaban J connectivity index is 1.92. The van der Waals surface area contributed by atoms with Crippen LogP contribution in [0.15, 0.2) is 18.2 Å². The van der Waals surface area contributed by atoms with Crippen LogP contribution in [0.1, 0.15) is 18.4 Å². The smallest absolute Gasteiger partial charge is 0.0748 e. The van der Waals surface area contributed by atoms with Crippen LogP contribution in [0.25, 0.3) is 0 Å². The summed E-state index contributed by atoms with van der Waals surface area (Å²) in [5.74, 6) is 0. The molecular formula is C12H16INO. The topological polar surface area (TPSA) is 21.3 Å². The minimum Gasteiger partial charge on any atom is -0.382 e. The summed E-state index contributed by atoms with van der Waals surface area (Å²) in [7, 11) is 0. The molecule has 0 radical (unpaired) electrons. The number of anilines is 1. The molecule has 1 unspecified atom stereocenters. The van der Waals surface area contributed by atoms with E-state index in [0.29, 0.717) is 6.10 Å². The van der Waals surface area contributed by atoms with Crippen molar-refractivity contribution in [2.75, 3.05) is 18.5 Å². The summed E-state index contributed by atoms with van der Waals surface area (Å²) in [5.41, 5.74) is 2.53. The molecule has 1 N–H and O–H groups in total. The Kier molecular flexibility index (Phi) is 3.86. The molecule has 1 aliphatic rings. The van der Waals surface area contributed by atoms with E-state index in [1.54, 1.807) is 0 Å². The van der Waals surface area contributed by atoms with Crippen molar-refractivity contribution < 1.29 is 4.74 Å². The number of hydrogen-bond donors (Lipinski definition) is 1. The average Bonchev–Trinajstić information content (AvgIpc) is 2.69. The number of nitrogens with one attached hydrogen (secondary N) is 1. The van der Waals surface area contributed by atoms with Crippen molar-refractivity contribution in [2.24, 2.45) is 0 Å². The highest BCUT2D eigenvalue weighted by Crippen LogP contribution is 2.19. The lowest BCUT2D eigenvalue weighted by Gasteiger charge is -2.13. The molecule has 0 aliphatic carbocycles. The van der Waals surface area contributed by atoms with Gasteiger partial charge in [0.2, 0.25) is 0 Å². The van der Waals surface area contributed by atoms with E-state index >= 15 is 0 Å². The lowest BCUT2D eigenvalue weighted by atomic mass is 10.2. The van der Waals surface area contributed by atoms with Gasteiger partial charge in [-0.3, -0.25) is 0 Å². The van der Waals surface area contributed by atoms with Gasteiger partial charge in [0.1, 0.15) is 0 Å². The van der Waals surface area contributed by atoms with E-state index in [2.05, 4.69) is 53.0 Å². The normalized spacial score (nSPS) is 20.5. The van der Waals surface area contributed by atoms with Crippen LogP contribution in [0.2, 0.25) is 0 Å². The van der Waals surface area contributed by atoms with Crippen LogP contribution in [-0.4, -0.2) is 19.3 Å². The number of halogens is 1. The molecule has 15 heavy (non-hydrogen) atoms. The summed E-state index contributed by atoms with van der Waals surface area (Å²) >= 11 is 2.34. The second kappa shape index (κ2) is 5.16. The second-order valence-electron chi connectivity index (χ2n) is 3.98. The minimum absolute atomic E-state index is 0.406. The summed E-state index contributed by atoms with van der Waals surface area (Å²) in [4.78, 5) is 0. The van der Waals surface area contributed by atoms with Crippen molar-refractivity contribution in [3.05, 3.63) is 27.3 Å². The standard InChI is InChI=1S/C12H16INO/c1-9-7-10(13)4-5-12(9)14-8-11-3-2-6-15-11/h4-5,7,11,14H,2-3,6,8H2,1H3. The molecule has 1 aromatic carbocycles. The van der Waals surface area contributed by atoms with E-state index in [0.717, 1.165) is 13.2 Å². The van der Waals surface area contributed by atoms with Crippen molar-refractivity contribution in [1.29, 1.82) is 0 Å². The monoisotopic (exact) mass is 317 g/mol. The van der Waals surface area contributed by atoms with E-state index in [4.69, 9.17) is 4.74 Å². The molecule has 1 aromatic rings. The largest absolute Gasteiger partial charge is 0.382 e. The molecule has 1 aliphatic heterocycles. The predicted octanol–water partition coefficient (Wildman–Crippen LogP) is 3.19. The summed E-state index contributed by atoms with van der Waals surface area (Å²) in [6.45, 7) is 4.00. The Hall–Kier alpha value is -0.290. The maximum Gasteiger partial charge on any atom is 0.0748 e. The molecule has 1 heterocycles. The van der Waals surface area contributed by atoms with Gasteiger partial charge in [-0.15, -0.1) is 0 Å². The van der Waals surface area contributed by atoms with E-state index in [-0.39, 0.29) is 0 Å². The third-order valence-electron chi connectivity index (χ3n) is 2.73. The van der Waals surface area contributed by atoms with Crippen LogP contribution in [0.3, 0.4) is 0 Å². The van der Waals surface area contributed by atoms with Crippen LogP contribution in [0.4, 0.5) is 5.69 Å². The Labute approximate surface area is 105 Å². The van der Waals surface area contributed by atoms with Crippen molar-refractivity contribution in [1.82, 2.24) is 0 Å². The number of aryl methyl sites for hydroxylation is 1. The third kappa shape index (κ3) is 3.08. The molecule has 82 valence electrons. The minimum atomic E-state index is 0.406. The maximum atomic E-state index is 5.57. The van der Waals surface area contributed by atoms with Gasteiger partial charge in [0.15, 0.2) is 0 Å². The molecule has 1 atom stereocenters. The summed E-state index contributed by atoms with van der Waals surface area (Å²) in [6.07, 6.45) is 2.80. The highest BCUT2D eigenvalue weighted by Gasteiger charge is 2.14. The van der Waals surface area contributed by atoms with Gasteiger partial charge in [-0.1, -0.05) is 0 Å². The highest BCUT2D eigenvalue weighted by atomic mass is 127. The zero-order valence-corrected chi connectivity index (χ0v) is 11.1. The SMILES string of the molecule is Cc1cc(I)ccc1NCC1CCCO1. The lowest BCUT2D eigenvalue weighted by Crippen LogP contribution is -2.18. The summed E-state index contributed by atoms with van der Waals surface area (Å²) in [6, 6.07) is 6.47. The van der Waals surface area contributed by atoms with E-state index in [1.165, 1.54) is 27.7 Å². The van der Waals surface area contributed by atoms with E-state index < -0.39 is 0 Å². The second-order valence-corrected chi connectivity index (χ2v) is 5.22. The van der Waals surface area contributed by atoms with Crippen LogP contribution in [0.5, 0.6) is 0 Å². The van der Waals surface area contributed by atoms with E-state index in [1.807, 2.05) is 0 Å². The zero-order valence-electron chi connectivity index (χ0n) is 8.92. The fraction of sp³-hybridized carbons (Fsp3) is 0.500. The van der Waals surface area contributed by atoms with Crippen LogP contribution >= 0.6 is 22.6 Å². The summed E-state index contributed by atoms with van der Waals surface area (Å²) in [5, 5.41) is 3.45. The predicted molar refractivity (Wildman–Crippen MR) is 71.4 cm³/mol. The number of hydrogen-bond acceptors (Lipinski definition) is 2. The van der Waals surface area contributed by atoms with Gasteiger partial charge in [-0.25, -0.2) is 0 Å². The Bertz CT molecular complexity index is 334. The molecule has 2 nitrogen and oxygen atoms in total. The average molecular weight is 317 g/mol. The first-order valence-corrected chi connectivity index (χ1v) is 6.45. The Morgan fingerprint density at radius 2 is 2.40 bits per heavy atom. The number of benzene rings is 1. The first-order valence-electron chi connectivity index (χ1n) is 5.37. The van der Waals surface area contributed by atoms with E-state index in [9.17, 15) is 0 Å². The first-order chi connectivity index (χ1) is 7.25. The fourth-order valence-electron chi connectivity index (χ4n) is 1.85. The zero-order chi connectivity index (χ0) is 10.7. The van der Waals surface area contributed by atoms with Crippen LogP contribution in [0, 0.1) is 10.5 Å². The lowest BCUT2D eigenvalue weighted by molar-refractivity contribution is 0.120. The maximum absolute atomic E-state index is 5.57. The third-order valence-corrected chi connectivity index (χ3v) is 3.40. The molecular weight excluding hydrogens is 301 g/mol. The van der Waals surface area contributed by atoms with Gasteiger partial charge in [-0.2, -0.15) is 0 Å². The van der Waals surface area contributed by atoms with Crippen LogP contribution in [-0.2, 0) is 4.74 Å². The van der Waals surface area contributed by atoms with Crippen LogP contribution < -0.4 is 5.32 Å².